The van der Waals surface area contributed by atoms with Gasteiger partial charge < -0.3 is 5.32 Å². The molecule has 1 amide bonds. The Hall–Kier alpha value is -0.860. The SMILES string of the molecule is CCCCCCCCCCCCCCCCCC(=O)NC1CCC(=O)CC1. The molecule has 3 nitrogen and oxygen atoms in total. The molecule has 158 valence electrons. The van der Waals surface area contributed by atoms with Crippen molar-refractivity contribution < 1.29 is 9.59 Å². The zero-order valence-corrected chi connectivity index (χ0v) is 18.0. The number of carbonyl (C=O) groups excluding carboxylic acids is 2. The van der Waals surface area contributed by atoms with Crippen LogP contribution in [0.1, 0.15) is 135 Å². The molecule has 27 heavy (non-hydrogen) atoms. The molecular weight excluding hydrogens is 334 g/mol. The van der Waals surface area contributed by atoms with E-state index in [1.165, 1.54) is 89.9 Å². The number of rotatable bonds is 17. The van der Waals surface area contributed by atoms with Crippen LogP contribution in [0.25, 0.3) is 0 Å². The van der Waals surface area contributed by atoms with Crippen LogP contribution in [0.4, 0.5) is 0 Å². The van der Waals surface area contributed by atoms with E-state index in [2.05, 4.69) is 12.2 Å². The van der Waals surface area contributed by atoms with Crippen molar-refractivity contribution in [2.75, 3.05) is 0 Å². The molecule has 0 saturated heterocycles. The van der Waals surface area contributed by atoms with Gasteiger partial charge in [-0.05, 0) is 19.3 Å². The number of hydrogen-bond donors (Lipinski definition) is 1. The largest absolute Gasteiger partial charge is 0.353 e. The monoisotopic (exact) mass is 379 g/mol. The van der Waals surface area contributed by atoms with Gasteiger partial charge in [0.25, 0.3) is 0 Å². The highest BCUT2D eigenvalue weighted by Gasteiger charge is 2.19. The Bertz CT molecular complexity index is 371. The van der Waals surface area contributed by atoms with Crippen LogP contribution in [0, 0.1) is 0 Å². The molecule has 1 aliphatic carbocycles. The van der Waals surface area contributed by atoms with Crippen LogP contribution in [0.15, 0.2) is 0 Å². The van der Waals surface area contributed by atoms with Crippen molar-refractivity contribution in [3.05, 3.63) is 0 Å². The molecule has 1 fully saturated rings. The van der Waals surface area contributed by atoms with Crippen LogP contribution in [-0.4, -0.2) is 17.7 Å². The molecule has 1 saturated carbocycles. The zero-order valence-electron chi connectivity index (χ0n) is 18.0. The first-order valence-electron chi connectivity index (χ1n) is 12.0. The molecule has 1 aliphatic rings. The Morgan fingerprint density at radius 2 is 1.15 bits per heavy atom. The van der Waals surface area contributed by atoms with Crippen LogP contribution in [0.5, 0.6) is 0 Å². The van der Waals surface area contributed by atoms with Crippen LogP contribution < -0.4 is 5.32 Å². The van der Waals surface area contributed by atoms with E-state index in [9.17, 15) is 9.59 Å². The normalized spacial score (nSPS) is 15.2. The second-order valence-electron chi connectivity index (χ2n) is 8.58. The van der Waals surface area contributed by atoms with Crippen LogP contribution in [0.2, 0.25) is 0 Å². The van der Waals surface area contributed by atoms with Crippen molar-refractivity contribution in [3.63, 3.8) is 0 Å². The molecule has 0 aliphatic heterocycles. The molecule has 0 heterocycles. The Labute approximate surface area is 168 Å². The maximum absolute atomic E-state index is 11.9. The smallest absolute Gasteiger partial charge is 0.220 e. The number of nitrogens with one attached hydrogen (secondary N) is 1. The van der Waals surface area contributed by atoms with Gasteiger partial charge in [-0.3, -0.25) is 9.59 Å². The minimum atomic E-state index is 0.184. The molecule has 0 bridgehead atoms. The topological polar surface area (TPSA) is 46.2 Å². The molecule has 0 aromatic rings. The third-order valence-corrected chi connectivity index (χ3v) is 5.92. The lowest BCUT2D eigenvalue weighted by Gasteiger charge is -2.22. The Morgan fingerprint density at radius 1 is 0.741 bits per heavy atom. The van der Waals surface area contributed by atoms with Crippen molar-refractivity contribution in [3.8, 4) is 0 Å². The van der Waals surface area contributed by atoms with Crippen LogP contribution >= 0.6 is 0 Å². The van der Waals surface area contributed by atoms with Gasteiger partial charge in [-0.2, -0.15) is 0 Å². The van der Waals surface area contributed by atoms with Crippen molar-refractivity contribution >= 4 is 11.7 Å². The van der Waals surface area contributed by atoms with Gasteiger partial charge in [0.05, 0.1) is 0 Å². The van der Waals surface area contributed by atoms with Gasteiger partial charge in [0, 0.05) is 25.3 Å². The summed E-state index contributed by atoms with van der Waals surface area (Å²) in [5.41, 5.74) is 0. The summed E-state index contributed by atoms with van der Waals surface area (Å²) >= 11 is 0. The van der Waals surface area contributed by atoms with E-state index in [1.54, 1.807) is 0 Å². The second kappa shape index (κ2) is 17.3. The highest BCUT2D eigenvalue weighted by atomic mass is 16.1. The molecule has 3 heteroatoms. The number of carbonyl (C=O) groups is 2. The standard InChI is InChI=1S/C24H45NO2/c1-2-3-4-5-6-7-8-9-10-11-12-13-14-15-16-17-24(27)25-22-18-20-23(26)21-19-22/h22H,2-21H2,1H3,(H,25,27). The molecule has 0 aromatic carbocycles. The van der Waals surface area contributed by atoms with Crippen molar-refractivity contribution in [1.29, 1.82) is 0 Å². The summed E-state index contributed by atoms with van der Waals surface area (Å²) in [6.45, 7) is 2.28. The highest BCUT2D eigenvalue weighted by Crippen LogP contribution is 2.16. The average Bonchev–Trinajstić information content (AvgIpc) is 2.66. The fraction of sp³-hybridized carbons (Fsp3) is 0.917. The summed E-state index contributed by atoms with van der Waals surface area (Å²) < 4.78 is 0. The molecule has 0 atom stereocenters. The third kappa shape index (κ3) is 14.8. The maximum atomic E-state index is 11.9. The summed E-state index contributed by atoms with van der Waals surface area (Å²) in [6, 6.07) is 0.242. The van der Waals surface area contributed by atoms with E-state index in [4.69, 9.17) is 0 Å². The second-order valence-corrected chi connectivity index (χ2v) is 8.58. The van der Waals surface area contributed by atoms with Crippen LogP contribution in [-0.2, 0) is 9.59 Å². The van der Waals surface area contributed by atoms with Crippen LogP contribution in [0.3, 0.4) is 0 Å². The van der Waals surface area contributed by atoms with E-state index in [-0.39, 0.29) is 11.9 Å². The summed E-state index contributed by atoms with van der Waals surface area (Å²) in [5.74, 6) is 0.534. The number of amides is 1. The molecule has 1 N–H and O–H groups in total. The summed E-state index contributed by atoms with van der Waals surface area (Å²) in [6.07, 6.45) is 23.9. The van der Waals surface area contributed by atoms with Gasteiger partial charge in [0.15, 0.2) is 0 Å². The van der Waals surface area contributed by atoms with Gasteiger partial charge >= 0.3 is 0 Å². The first-order valence-corrected chi connectivity index (χ1v) is 12.0. The number of ketones is 1. The maximum Gasteiger partial charge on any atom is 0.220 e. The predicted octanol–water partition coefficient (Wildman–Crippen LogP) is 6.88. The van der Waals surface area contributed by atoms with Gasteiger partial charge in [0.1, 0.15) is 5.78 Å². The summed E-state index contributed by atoms with van der Waals surface area (Å²) in [7, 11) is 0. The molecule has 0 unspecified atom stereocenters. The minimum Gasteiger partial charge on any atom is -0.353 e. The molecule has 1 rings (SSSR count). The fourth-order valence-electron chi connectivity index (χ4n) is 4.04. The van der Waals surface area contributed by atoms with E-state index >= 15 is 0 Å². The number of hydrogen-bond acceptors (Lipinski definition) is 2. The zero-order chi connectivity index (χ0) is 19.6. The first kappa shape index (κ1) is 24.2. The molecule has 0 radical (unpaired) electrons. The predicted molar refractivity (Wildman–Crippen MR) is 115 cm³/mol. The van der Waals surface area contributed by atoms with E-state index in [0.717, 1.165) is 19.3 Å². The van der Waals surface area contributed by atoms with Gasteiger partial charge in [0.2, 0.25) is 5.91 Å². The summed E-state index contributed by atoms with van der Waals surface area (Å²) in [4.78, 5) is 23.1. The molecule has 0 aromatic heterocycles. The Kier molecular flexibility index (Phi) is 15.4. The molecular formula is C24H45NO2. The average molecular weight is 380 g/mol. The molecule has 0 spiro atoms. The summed E-state index contributed by atoms with van der Waals surface area (Å²) in [5, 5.41) is 3.10. The lowest BCUT2D eigenvalue weighted by Crippen LogP contribution is -2.37. The fourth-order valence-corrected chi connectivity index (χ4v) is 4.04. The highest BCUT2D eigenvalue weighted by molar-refractivity contribution is 5.80. The van der Waals surface area contributed by atoms with Crippen molar-refractivity contribution in [1.82, 2.24) is 5.32 Å². The van der Waals surface area contributed by atoms with Crippen molar-refractivity contribution in [2.24, 2.45) is 0 Å². The number of unbranched alkanes of at least 4 members (excludes halogenated alkanes) is 14. The minimum absolute atomic E-state index is 0.184. The van der Waals surface area contributed by atoms with E-state index < -0.39 is 0 Å². The van der Waals surface area contributed by atoms with Gasteiger partial charge in [-0.1, -0.05) is 96.8 Å². The van der Waals surface area contributed by atoms with E-state index in [1.807, 2.05) is 0 Å². The Balaban J connectivity index is 1.76. The third-order valence-electron chi connectivity index (χ3n) is 5.92. The Morgan fingerprint density at radius 3 is 1.59 bits per heavy atom. The number of Topliss-reactive ketones (excluding diaryl/α,β-unsaturated/α-hetero) is 1. The lowest BCUT2D eigenvalue weighted by molar-refractivity contribution is -0.124. The quantitative estimate of drug-likeness (QED) is 0.280. The van der Waals surface area contributed by atoms with Gasteiger partial charge in [-0.15, -0.1) is 0 Å². The van der Waals surface area contributed by atoms with E-state index in [0.29, 0.717) is 25.0 Å². The van der Waals surface area contributed by atoms with Crippen molar-refractivity contribution in [2.45, 2.75) is 141 Å². The lowest BCUT2D eigenvalue weighted by atomic mass is 9.94. The first-order chi connectivity index (χ1) is 13.2. The van der Waals surface area contributed by atoms with Gasteiger partial charge in [-0.25, -0.2) is 0 Å².